The summed E-state index contributed by atoms with van der Waals surface area (Å²) in [6, 6.07) is 10.6. The van der Waals surface area contributed by atoms with Crippen LogP contribution in [0.5, 0.6) is 0 Å². The molecule has 0 radical (unpaired) electrons. The number of carbonyl (C=O) groups is 3. The molecule has 2 heterocycles. The van der Waals surface area contributed by atoms with Crippen molar-refractivity contribution in [2.24, 2.45) is 16.9 Å². The number of amides is 2. The molecule has 1 saturated carbocycles. The molecule has 1 aliphatic heterocycles. The Bertz CT molecular complexity index is 1450. The average molecular weight is 564 g/mol. The molecule has 2 aromatic carbocycles. The van der Waals surface area contributed by atoms with Crippen molar-refractivity contribution in [1.29, 1.82) is 0 Å². The Morgan fingerprint density at radius 1 is 1.05 bits per heavy atom. The summed E-state index contributed by atoms with van der Waals surface area (Å²) in [4.78, 5) is 37.3. The van der Waals surface area contributed by atoms with E-state index < -0.39 is 5.91 Å². The van der Waals surface area contributed by atoms with Crippen LogP contribution in [0.1, 0.15) is 79.6 Å². The van der Waals surface area contributed by atoms with Gasteiger partial charge in [0.1, 0.15) is 5.82 Å². The van der Waals surface area contributed by atoms with E-state index in [0.717, 1.165) is 47.3 Å². The van der Waals surface area contributed by atoms with E-state index in [1.807, 2.05) is 31.1 Å². The molecular formula is C32H42FN5O3. The third kappa shape index (κ3) is 7.14. The van der Waals surface area contributed by atoms with Crippen molar-refractivity contribution in [3.05, 3.63) is 53.5 Å². The standard InChI is InChI=1S/C27H30FN3O2.C5H12N2O/c1-27(2)14-23-25(20-11-9-17(28)13-22(20)31(23)24(32)15-27)16-8-10-19(26(29)33)21(12-16)30-18-6-4-3-5-7-18;1-7(2)4-3-5(6)8/h8-13,18,30H,3-7,14-15H2,1-2H3,(H2,29,33);3-4H2,1-2H3,(H2,6,8). The maximum atomic E-state index is 14.2. The van der Waals surface area contributed by atoms with E-state index in [9.17, 15) is 18.8 Å². The molecule has 9 heteroatoms. The minimum absolute atomic E-state index is 0.0163. The maximum Gasteiger partial charge on any atom is 0.250 e. The van der Waals surface area contributed by atoms with Crippen LogP contribution in [0.4, 0.5) is 10.1 Å². The molecule has 5 N–H and O–H groups in total. The Labute approximate surface area is 241 Å². The Balaban J connectivity index is 0.000000426. The normalized spacial score (nSPS) is 16.7. The summed E-state index contributed by atoms with van der Waals surface area (Å²) >= 11 is 0. The van der Waals surface area contributed by atoms with Crippen molar-refractivity contribution in [1.82, 2.24) is 9.47 Å². The van der Waals surface area contributed by atoms with Gasteiger partial charge in [-0.3, -0.25) is 19.0 Å². The molecule has 220 valence electrons. The van der Waals surface area contributed by atoms with Gasteiger partial charge in [-0.2, -0.15) is 0 Å². The quantitative estimate of drug-likeness (QED) is 0.359. The van der Waals surface area contributed by atoms with Crippen molar-refractivity contribution in [3.8, 4) is 11.1 Å². The summed E-state index contributed by atoms with van der Waals surface area (Å²) in [5.74, 6) is -1.09. The predicted octanol–water partition coefficient (Wildman–Crippen LogP) is 5.33. The second-order valence-corrected chi connectivity index (χ2v) is 12.4. The van der Waals surface area contributed by atoms with Gasteiger partial charge in [0.05, 0.1) is 11.1 Å². The second-order valence-electron chi connectivity index (χ2n) is 12.4. The lowest BCUT2D eigenvalue weighted by atomic mass is 9.80. The van der Waals surface area contributed by atoms with Gasteiger partial charge in [-0.15, -0.1) is 0 Å². The van der Waals surface area contributed by atoms with E-state index in [-0.39, 0.29) is 23.0 Å². The summed E-state index contributed by atoms with van der Waals surface area (Å²) in [6.07, 6.45) is 7.27. The molecule has 0 spiro atoms. The number of carbonyl (C=O) groups excluding carboxylic acids is 3. The number of rotatable bonds is 7. The van der Waals surface area contributed by atoms with Crippen LogP contribution in [0.3, 0.4) is 0 Å². The van der Waals surface area contributed by atoms with Crippen LogP contribution in [0.25, 0.3) is 22.0 Å². The number of hydrogen-bond acceptors (Lipinski definition) is 5. The number of primary amides is 2. The molecule has 2 amide bonds. The van der Waals surface area contributed by atoms with Crippen molar-refractivity contribution in [3.63, 3.8) is 0 Å². The summed E-state index contributed by atoms with van der Waals surface area (Å²) in [6.45, 7) is 4.92. The van der Waals surface area contributed by atoms with Gasteiger partial charge < -0.3 is 21.7 Å². The molecule has 1 fully saturated rings. The van der Waals surface area contributed by atoms with Gasteiger partial charge in [0.25, 0.3) is 5.91 Å². The van der Waals surface area contributed by atoms with E-state index in [1.165, 1.54) is 31.4 Å². The van der Waals surface area contributed by atoms with Crippen LogP contribution in [0.2, 0.25) is 0 Å². The highest BCUT2D eigenvalue weighted by Gasteiger charge is 2.35. The molecule has 8 nitrogen and oxygen atoms in total. The van der Waals surface area contributed by atoms with Gasteiger partial charge in [0.15, 0.2) is 0 Å². The number of aromatic nitrogens is 1. The number of hydrogen-bond donors (Lipinski definition) is 3. The van der Waals surface area contributed by atoms with Gasteiger partial charge in [0, 0.05) is 47.8 Å². The van der Waals surface area contributed by atoms with Crippen molar-refractivity contribution in [2.45, 2.75) is 71.3 Å². The van der Waals surface area contributed by atoms with Crippen LogP contribution in [-0.2, 0) is 11.2 Å². The highest BCUT2D eigenvalue weighted by atomic mass is 19.1. The van der Waals surface area contributed by atoms with Gasteiger partial charge in [-0.25, -0.2) is 4.39 Å². The largest absolute Gasteiger partial charge is 0.382 e. The minimum atomic E-state index is -0.470. The van der Waals surface area contributed by atoms with Gasteiger partial charge in [-0.05, 0) is 74.7 Å². The molecule has 1 aliphatic carbocycles. The van der Waals surface area contributed by atoms with Crippen LogP contribution >= 0.6 is 0 Å². The summed E-state index contributed by atoms with van der Waals surface area (Å²) in [5.41, 5.74) is 14.9. The van der Waals surface area contributed by atoms with Gasteiger partial charge in [0.2, 0.25) is 11.8 Å². The van der Waals surface area contributed by atoms with E-state index >= 15 is 0 Å². The topological polar surface area (TPSA) is 123 Å². The van der Waals surface area contributed by atoms with Crippen molar-refractivity contribution >= 4 is 34.3 Å². The minimum Gasteiger partial charge on any atom is -0.382 e. The van der Waals surface area contributed by atoms with Crippen LogP contribution in [-0.4, -0.2) is 53.9 Å². The fourth-order valence-corrected chi connectivity index (χ4v) is 5.93. The number of halogens is 1. The first-order valence-electron chi connectivity index (χ1n) is 14.4. The van der Waals surface area contributed by atoms with E-state index in [2.05, 4.69) is 19.2 Å². The van der Waals surface area contributed by atoms with Crippen LogP contribution in [0.15, 0.2) is 36.4 Å². The molecule has 0 atom stereocenters. The number of nitrogens with zero attached hydrogens (tertiary/aromatic N) is 2. The molecule has 41 heavy (non-hydrogen) atoms. The first-order valence-corrected chi connectivity index (χ1v) is 14.4. The van der Waals surface area contributed by atoms with Crippen LogP contribution < -0.4 is 16.8 Å². The molecule has 0 unspecified atom stereocenters. The van der Waals surface area contributed by atoms with Crippen molar-refractivity contribution in [2.75, 3.05) is 26.0 Å². The number of fused-ring (bicyclic) bond motifs is 3. The fourth-order valence-electron chi connectivity index (χ4n) is 5.93. The molecule has 1 aromatic heterocycles. The Morgan fingerprint density at radius 3 is 2.37 bits per heavy atom. The monoisotopic (exact) mass is 563 g/mol. The predicted molar refractivity (Wildman–Crippen MR) is 161 cm³/mol. The molecule has 0 bridgehead atoms. The SMILES string of the molecule is CC1(C)CC(=O)n2c(c(-c3ccc(C(N)=O)c(NC4CCCCC4)c3)c3ccc(F)cc32)C1.CN(C)CCC(N)=O. The molecule has 2 aliphatic rings. The Kier molecular flexibility index (Phi) is 9.17. The van der Waals surface area contributed by atoms with Gasteiger partial charge >= 0.3 is 0 Å². The smallest absolute Gasteiger partial charge is 0.250 e. The van der Waals surface area contributed by atoms with Crippen molar-refractivity contribution < 1.29 is 18.8 Å². The fraction of sp³-hybridized carbons (Fsp3) is 0.469. The molecule has 0 saturated heterocycles. The zero-order valence-corrected chi connectivity index (χ0v) is 24.6. The Hall–Kier alpha value is -3.72. The number of benzene rings is 2. The first-order chi connectivity index (χ1) is 19.4. The lowest BCUT2D eigenvalue weighted by molar-refractivity contribution is -0.118. The molecular weight excluding hydrogens is 521 g/mol. The van der Waals surface area contributed by atoms with Gasteiger partial charge in [-0.1, -0.05) is 39.2 Å². The molecule has 5 rings (SSSR count). The van der Waals surface area contributed by atoms with E-state index in [1.54, 1.807) is 16.7 Å². The van der Waals surface area contributed by atoms with E-state index in [0.29, 0.717) is 36.4 Å². The zero-order valence-electron chi connectivity index (χ0n) is 24.6. The summed E-state index contributed by atoms with van der Waals surface area (Å²) in [5, 5.41) is 4.40. The van der Waals surface area contributed by atoms with E-state index in [4.69, 9.17) is 11.5 Å². The average Bonchev–Trinajstić information content (AvgIpc) is 3.20. The Morgan fingerprint density at radius 2 is 1.76 bits per heavy atom. The summed E-state index contributed by atoms with van der Waals surface area (Å²) in [7, 11) is 3.81. The lowest BCUT2D eigenvalue weighted by Crippen LogP contribution is -2.31. The molecule has 3 aromatic rings. The maximum absolute atomic E-state index is 14.2. The third-order valence-corrected chi connectivity index (χ3v) is 7.90. The third-order valence-electron chi connectivity index (χ3n) is 7.90. The first kappa shape index (κ1) is 30.2. The highest BCUT2D eigenvalue weighted by molar-refractivity contribution is 6.06. The van der Waals surface area contributed by atoms with Crippen LogP contribution in [0, 0.1) is 11.2 Å². The number of anilines is 1. The summed E-state index contributed by atoms with van der Waals surface area (Å²) < 4.78 is 15.9. The number of nitrogens with two attached hydrogens (primary N) is 2. The highest BCUT2D eigenvalue weighted by Crippen LogP contribution is 2.43. The zero-order chi connectivity index (χ0) is 29.9. The second kappa shape index (κ2) is 12.4. The lowest BCUT2D eigenvalue weighted by Gasteiger charge is -2.30. The number of nitrogens with one attached hydrogen (secondary N) is 1.